The number of halogens is 1. The predicted molar refractivity (Wildman–Crippen MR) is 127 cm³/mol. The molecule has 3 heterocycles. The molecular formula is C25H29FN4O4. The molecule has 1 aromatic carbocycles. The number of rotatable bonds is 9. The molecule has 2 aliphatic heterocycles. The maximum atomic E-state index is 14.5. The molecule has 0 aliphatic carbocycles. The molecule has 0 spiro atoms. The molecule has 180 valence electrons. The zero-order valence-corrected chi connectivity index (χ0v) is 19.0. The van der Waals surface area contributed by atoms with Crippen LogP contribution in [0.2, 0.25) is 0 Å². The third-order valence-electron chi connectivity index (χ3n) is 6.51. The van der Waals surface area contributed by atoms with Crippen molar-refractivity contribution >= 4 is 18.1 Å². The number of allylic oxidation sites excluding steroid dienone is 1. The highest BCUT2D eigenvalue weighted by atomic mass is 19.1. The molecular weight excluding hydrogens is 439 g/mol. The van der Waals surface area contributed by atoms with Crippen molar-refractivity contribution in [3.05, 3.63) is 53.6 Å². The normalized spacial score (nSPS) is 21.3. The summed E-state index contributed by atoms with van der Waals surface area (Å²) in [5.74, 6) is -1.73. The third-order valence-corrected chi connectivity index (χ3v) is 6.51. The number of amides is 1. The van der Waals surface area contributed by atoms with Crippen molar-refractivity contribution in [3.63, 3.8) is 0 Å². The Balaban J connectivity index is 1.64. The van der Waals surface area contributed by atoms with Gasteiger partial charge >= 0.3 is 5.97 Å². The Kier molecular flexibility index (Phi) is 7.12. The summed E-state index contributed by atoms with van der Waals surface area (Å²) in [4.78, 5) is 28.1. The van der Waals surface area contributed by atoms with Gasteiger partial charge in [0.15, 0.2) is 11.6 Å². The summed E-state index contributed by atoms with van der Waals surface area (Å²) in [6.07, 6.45) is 11.1. The average Bonchev–Trinajstić information content (AvgIpc) is 3.20. The number of primary amides is 1. The number of hydrogen-bond acceptors (Lipinski definition) is 5. The number of ether oxygens (including phenoxy) is 1. The number of hydrogen-bond donors (Lipinski definition) is 3. The van der Waals surface area contributed by atoms with Crippen LogP contribution in [-0.2, 0) is 17.8 Å². The first-order valence-corrected chi connectivity index (χ1v) is 11.4. The van der Waals surface area contributed by atoms with Crippen LogP contribution in [0, 0.1) is 11.7 Å². The van der Waals surface area contributed by atoms with Gasteiger partial charge in [-0.15, -0.1) is 0 Å². The van der Waals surface area contributed by atoms with Crippen LogP contribution in [0.4, 0.5) is 4.39 Å². The number of carbonyl (C=O) groups is 2. The Morgan fingerprint density at radius 2 is 2.18 bits per heavy atom. The van der Waals surface area contributed by atoms with E-state index in [4.69, 9.17) is 15.6 Å². The number of nitrogens with one attached hydrogen (secondary N) is 1. The van der Waals surface area contributed by atoms with E-state index >= 15 is 0 Å². The number of methoxy groups -OCH3 is 1. The average molecular weight is 469 g/mol. The minimum atomic E-state index is -0.981. The maximum Gasteiger partial charge on any atom is 0.305 e. The van der Waals surface area contributed by atoms with Crippen LogP contribution in [0.25, 0.3) is 11.1 Å². The lowest BCUT2D eigenvalue weighted by atomic mass is 9.87. The second kappa shape index (κ2) is 10.2. The van der Waals surface area contributed by atoms with Gasteiger partial charge in [0.2, 0.25) is 0 Å². The van der Waals surface area contributed by atoms with E-state index in [1.165, 1.54) is 19.2 Å². The molecule has 4 N–H and O–H groups in total. The molecule has 1 aromatic heterocycles. The number of aryl methyl sites for hydroxylation is 2. The fourth-order valence-corrected chi connectivity index (χ4v) is 4.85. The quantitative estimate of drug-likeness (QED) is 0.522. The first-order chi connectivity index (χ1) is 16.4. The van der Waals surface area contributed by atoms with Crippen LogP contribution in [0.1, 0.15) is 41.7 Å². The monoisotopic (exact) mass is 468 g/mol. The highest BCUT2D eigenvalue weighted by Gasteiger charge is 2.29. The summed E-state index contributed by atoms with van der Waals surface area (Å²) in [7, 11) is 1.38. The summed E-state index contributed by atoms with van der Waals surface area (Å²) in [6.45, 7) is 0.0890. The molecule has 2 aromatic rings. The molecule has 1 amide bonds. The van der Waals surface area contributed by atoms with Gasteiger partial charge in [0.1, 0.15) is 11.9 Å². The fraction of sp³-hybridized carbons (Fsp3) is 0.400. The van der Waals surface area contributed by atoms with Gasteiger partial charge in [0.25, 0.3) is 5.91 Å². The van der Waals surface area contributed by atoms with Crippen molar-refractivity contribution in [2.45, 2.75) is 50.9 Å². The summed E-state index contributed by atoms with van der Waals surface area (Å²) < 4.78 is 21.1. The van der Waals surface area contributed by atoms with Gasteiger partial charge in [-0.1, -0.05) is 12.1 Å². The van der Waals surface area contributed by atoms with E-state index in [0.717, 1.165) is 24.8 Å². The van der Waals surface area contributed by atoms with Crippen LogP contribution in [0.5, 0.6) is 5.75 Å². The molecule has 2 aliphatic rings. The molecule has 3 unspecified atom stereocenters. The number of carbonyl (C=O) groups excluding carboxylic acids is 1. The van der Waals surface area contributed by atoms with E-state index in [2.05, 4.69) is 16.4 Å². The zero-order chi connectivity index (χ0) is 24.2. The van der Waals surface area contributed by atoms with Crippen molar-refractivity contribution in [3.8, 4) is 16.9 Å². The Morgan fingerprint density at radius 3 is 2.88 bits per heavy atom. The molecule has 8 nitrogen and oxygen atoms in total. The van der Waals surface area contributed by atoms with Crippen molar-refractivity contribution in [2.75, 3.05) is 7.11 Å². The van der Waals surface area contributed by atoms with Crippen molar-refractivity contribution in [2.24, 2.45) is 16.6 Å². The molecule has 9 heteroatoms. The lowest BCUT2D eigenvalue weighted by molar-refractivity contribution is -0.137. The van der Waals surface area contributed by atoms with Crippen LogP contribution in [0.3, 0.4) is 0 Å². The lowest BCUT2D eigenvalue weighted by Gasteiger charge is -2.35. The molecule has 34 heavy (non-hydrogen) atoms. The van der Waals surface area contributed by atoms with E-state index in [1.807, 2.05) is 12.3 Å². The number of fused-ring (bicyclic) bond motifs is 1. The first kappa shape index (κ1) is 23.7. The molecule has 0 radical (unpaired) electrons. The number of aliphatic carboxylic acids is 1. The van der Waals surface area contributed by atoms with Gasteiger partial charge in [-0.3, -0.25) is 19.9 Å². The van der Waals surface area contributed by atoms with Crippen molar-refractivity contribution in [1.82, 2.24) is 9.88 Å². The SMILES string of the molecule is COc1ccc(-c2c(CCC3CCC4C=CC=NC4N3)cn(CCC(=O)O)c2C(N)=O)cc1F. The minimum absolute atomic E-state index is 0.0697. The van der Waals surface area contributed by atoms with Gasteiger partial charge in [-0.05, 0) is 55.0 Å². The zero-order valence-electron chi connectivity index (χ0n) is 19.0. The van der Waals surface area contributed by atoms with Gasteiger partial charge in [0.05, 0.1) is 13.5 Å². The largest absolute Gasteiger partial charge is 0.494 e. The number of benzene rings is 1. The summed E-state index contributed by atoms with van der Waals surface area (Å²) in [6, 6.07) is 4.75. The number of aliphatic imine (C=N–C) groups is 1. The Morgan fingerprint density at radius 1 is 1.35 bits per heavy atom. The van der Waals surface area contributed by atoms with E-state index in [-0.39, 0.29) is 36.6 Å². The maximum absolute atomic E-state index is 14.5. The van der Waals surface area contributed by atoms with E-state index in [9.17, 15) is 14.0 Å². The highest BCUT2D eigenvalue weighted by Crippen LogP contribution is 2.34. The van der Waals surface area contributed by atoms with Crippen LogP contribution in [-0.4, -0.2) is 47.1 Å². The number of carboxylic acid groups (broad SMARTS) is 1. The van der Waals surface area contributed by atoms with E-state index in [1.54, 1.807) is 16.8 Å². The second-order valence-electron chi connectivity index (χ2n) is 8.70. The predicted octanol–water partition coefficient (Wildman–Crippen LogP) is 3.14. The number of nitrogens with zero attached hydrogens (tertiary/aromatic N) is 2. The smallest absolute Gasteiger partial charge is 0.305 e. The molecule has 0 bridgehead atoms. The van der Waals surface area contributed by atoms with Crippen molar-refractivity contribution in [1.29, 1.82) is 0 Å². The van der Waals surface area contributed by atoms with Gasteiger partial charge < -0.3 is 20.1 Å². The standard InChI is InChI=1S/C25H29FN4O4/c1-34-20-9-6-16(13-19(20)26)22-17(14-30(12-10-21(31)32)23(22)24(27)33)5-8-18-7-4-15-3-2-11-28-25(15)29-18/h2-3,6,9,11,13-15,18,25,29H,4-5,7-8,10,12H2,1H3,(H2,27,33)(H,31,32). The number of dihydropyridines is 1. The molecule has 4 rings (SSSR count). The molecule has 1 fully saturated rings. The summed E-state index contributed by atoms with van der Waals surface area (Å²) in [5.41, 5.74) is 7.75. The summed E-state index contributed by atoms with van der Waals surface area (Å²) in [5, 5.41) is 12.7. The van der Waals surface area contributed by atoms with Crippen molar-refractivity contribution < 1.29 is 23.8 Å². The fourth-order valence-electron chi connectivity index (χ4n) is 4.85. The lowest BCUT2D eigenvalue weighted by Crippen LogP contribution is -2.46. The third kappa shape index (κ3) is 5.04. The number of nitrogens with two attached hydrogens (primary N) is 1. The Bertz CT molecular complexity index is 1140. The van der Waals surface area contributed by atoms with Gasteiger partial charge in [-0.25, -0.2) is 4.39 Å². The molecule has 1 saturated heterocycles. The van der Waals surface area contributed by atoms with Crippen LogP contribution >= 0.6 is 0 Å². The van der Waals surface area contributed by atoms with Gasteiger partial charge in [-0.2, -0.15) is 0 Å². The second-order valence-corrected chi connectivity index (χ2v) is 8.70. The van der Waals surface area contributed by atoms with E-state index in [0.29, 0.717) is 23.5 Å². The summed E-state index contributed by atoms with van der Waals surface area (Å²) >= 11 is 0. The minimum Gasteiger partial charge on any atom is -0.494 e. The molecule has 3 atom stereocenters. The van der Waals surface area contributed by atoms with E-state index < -0.39 is 17.7 Å². The number of piperidine rings is 1. The Labute approximate surface area is 197 Å². The van der Waals surface area contributed by atoms with Gasteiger partial charge in [0, 0.05) is 36.5 Å². The first-order valence-electron chi connectivity index (χ1n) is 11.4. The number of carboxylic acids is 1. The topological polar surface area (TPSA) is 119 Å². The number of aromatic nitrogens is 1. The highest BCUT2D eigenvalue weighted by molar-refractivity contribution is 5.99. The Hall–Kier alpha value is -3.46. The van der Waals surface area contributed by atoms with Crippen LogP contribution in [0.15, 0.2) is 41.5 Å². The van der Waals surface area contributed by atoms with Crippen LogP contribution < -0.4 is 15.8 Å². The molecule has 0 saturated carbocycles.